The maximum Gasteiger partial charge on any atom is 0.237 e. The molecule has 1 unspecified atom stereocenters. The van der Waals surface area contributed by atoms with Crippen LogP contribution in [-0.4, -0.2) is 85.4 Å². The molecule has 0 radical (unpaired) electrons. The molecule has 4 heterocycles. The number of H-pyrrole nitrogens is 1. The Kier molecular flexibility index (Phi) is 8.88. The van der Waals surface area contributed by atoms with E-state index in [1.54, 1.807) is 42.4 Å². The predicted molar refractivity (Wildman–Crippen MR) is 184 cm³/mol. The summed E-state index contributed by atoms with van der Waals surface area (Å²) in [7, 11) is 0. The van der Waals surface area contributed by atoms with Crippen molar-refractivity contribution in [3.05, 3.63) is 102 Å². The van der Waals surface area contributed by atoms with Crippen LogP contribution in [0.3, 0.4) is 0 Å². The molecule has 2 aromatic heterocycles. The summed E-state index contributed by atoms with van der Waals surface area (Å²) < 4.78 is 13.0. The second kappa shape index (κ2) is 13.4. The van der Waals surface area contributed by atoms with E-state index in [4.69, 9.17) is 0 Å². The van der Waals surface area contributed by atoms with E-state index in [9.17, 15) is 14.0 Å². The lowest BCUT2D eigenvalue weighted by Gasteiger charge is -2.30. The minimum absolute atomic E-state index is 0.0590. The van der Waals surface area contributed by atoms with Crippen molar-refractivity contribution in [1.29, 1.82) is 0 Å². The maximum atomic E-state index is 13.9. The van der Waals surface area contributed by atoms with Crippen LogP contribution in [0.25, 0.3) is 34.3 Å². The number of likely N-dealkylation sites (tertiary alicyclic amines) is 1. The van der Waals surface area contributed by atoms with Gasteiger partial charge < -0.3 is 4.90 Å². The normalized spacial score (nSPS) is 21.0. The third kappa shape index (κ3) is 6.57. The smallest absolute Gasteiger partial charge is 0.237 e. The van der Waals surface area contributed by atoms with Crippen LogP contribution >= 0.6 is 11.8 Å². The Morgan fingerprint density at radius 3 is 2.49 bits per heavy atom. The number of Topliss-reactive ketones (excluding diaryl/α,β-unsaturated/α-hetero) is 1. The lowest BCUT2D eigenvalue weighted by Crippen LogP contribution is -2.44. The summed E-state index contributed by atoms with van der Waals surface area (Å²) in [5.41, 5.74) is 7.04. The van der Waals surface area contributed by atoms with Gasteiger partial charge in [-0.25, -0.2) is 14.4 Å². The van der Waals surface area contributed by atoms with Gasteiger partial charge in [-0.05, 0) is 79.0 Å². The first kappa shape index (κ1) is 31.2. The number of aromatic nitrogens is 4. The summed E-state index contributed by atoms with van der Waals surface area (Å²) in [4.78, 5) is 39.9. The highest BCUT2D eigenvalue weighted by molar-refractivity contribution is 8.00. The van der Waals surface area contributed by atoms with Crippen molar-refractivity contribution < 1.29 is 14.0 Å². The lowest BCUT2D eigenvalue weighted by atomic mass is 9.84. The van der Waals surface area contributed by atoms with E-state index < -0.39 is 4.75 Å². The van der Waals surface area contributed by atoms with E-state index >= 15 is 0 Å². The van der Waals surface area contributed by atoms with Gasteiger partial charge in [0.05, 0.1) is 22.7 Å². The SMILES string of the molecule is CS[C@@]1(C(=O)CC2C=Cc3[nH]nc(-c4ccc(F)cc4)c3C2)CCN(CC(=O)N2CC=C(c3ccc(-c4ncccn4)cc3)CC2)C1. The van der Waals surface area contributed by atoms with Gasteiger partial charge in [-0.2, -0.15) is 5.10 Å². The topological polar surface area (TPSA) is 95.1 Å². The number of thioether (sulfide) groups is 1. The number of carbonyl (C=O) groups is 2. The van der Waals surface area contributed by atoms with Crippen molar-refractivity contribution in [3.8, 4) is 22.6 Å². The zero-order chi connectivity index (χ0) is 32.4. The Hall–Kier alpha value is -4.41. The molecule has 3 aliphatic rings. The molecular formula is C37H37FN6O2S. The van der Waals surface area contributed by atoms with Gasteiger partial charge in [0.25, 0.3) is 0 Å². The average molecular weight is 649 g/mol. The molecule has 2 aromatic carbocycles. The van der Waals surface area contributed by atoms with Crippen molar-refractivity contribution in [3.63, 3.8) is 0 Å². The van der Waals surface area contributed by atoms with Gasteiger partial charge >= 0.3 is 0 Å². The fraction of sp³-hybridized carbons (Fsp3) is 0.324. The molecular weight excluding hydrogens is 612 g/mol. The molecule has 0 bridgehead atoms. The average Bonchev–Trinajstić information content (AvgIpc) is 3.74. The highest BCUT2D eigenvalue weighted by Crippen LogP contribution is 2.39. The number of halogens is 1. The van der Waals surface area contributed by atoms with Gasteiger partial charge in [0.1, 0.15) is 5.82 Å². The Bertz CT molecular complexity index is 1820. The summed E-state index contributed by atoms with van der Waals surface area (Å²) in [5.74, 6) is 0.829. The number of fused-ring (bicyclic) bond motifs is 1. The Morgan fingerprint density at radius 2 is 1.77 bits per heavy atom. The van der Waals surface area contributed by atoms with Crippen LogP contribution in [0, 0.1) is 11.7 Å². The number of aromatic amines is 1. The van der Waals surface area contributed by atoms with Crippen LogP contribution in [0.15, 0.2) is 79.1 Å². The summed E-state index contributed by atoms with van der Waals surface area (Å²) in [6.07, 6.45) is 14.4. The zero-order valence-electron chi connectivity index (χ0n) is 26.4. The van der Waals surface area contributed by atoms with Crippen LogP contribution in [-0.2, 0) is 16.0 Å². The standard InChI is InChI=1S/C37H37FN6O2S/c1-47-37(33(45)22-25-3-12-32-31(21-25)35(42-41-32)28-8-10-30(38)11-9-28)15-20-43(24-37)23-34(46)44-18-13-27(14-19-44)26-4-6-29(7-5-26)36-39-16-2-17-40-36/h2-13,16-17,25H,14-15,18-24H2,1H3,(H,41,42)/t25?,37-/m0/s1. The second-order valence-corrected chi connectivity index (χ2v) is 13.7. The Balaban J connectivity index is 0.931. The molecule has 1 saturated heterocycles. The van der Waals surface area contributed by atoms with Gasteiger partial charge in [-0.1, -0.05) is 36.4 Å². The van der Waals surface area contributed by atoms with Gasteiger partial charge in [0, 0.05) is 61.7 Å². The number of carbonyl (C=O) groups excluding carboxylic acids is 2. The van der Waals surface area contributed by atoms with Gasteiger partial charge in [0.2, 0.25) is 5.91 Å². The van der Waals surface area contributed by atoms with Gasteiger partial charge in [-0.15, -0.1) is 11.8 Å². The summed E-state index contributed by atoms with van der Waals surface area (Å²) >= 11 is 1.62. The van der Waals surface area contributed by atoms with Crippen molar-refractivity contribution in [2.24, 2.45) is 5.92 Å². The fourth-order valence-corrected chi connectivity index (χ4v) is 7.85. The third-order valence-electron chi connectivity index (χ3n) is 9.68. The summed E-state index contributed by atoms with van der Waals surface area (Å²) in [6.45, 7) is 2.90. The number of hydrogen-bond donors (Lipinski definition) is 1. The monoisotopic (exact) mass is 648 g/mol. The molecule has 8 nitrogen and oxygen atoms in total. The molecule has 0 saturated carbocycles. The fourth-order valence-electron chi connectivity index (χ4n) is 6.93. The summed E-state index contributed by atoms with van der Waals surface area (Å²) in [6, 6.07) is 16.4. The number of amides is 1. The molecule has 1 N–H and O–H groups in total. The number of benzene rings is 2. The van der Waals surface area contributed by atoms with Crippen LogP contribution in [0.2, 0.25) is 0 Å². The van der Waals surface area contributed by atoms with Crippen molar-refractivity contribution in [1.82, 2.24) is 30.0 Å². The highest BCUT2D eigenvalue weighted by atomic mass is 32.2. The molecule has 7 rings (SSSR count). The van der Waals surface area contributed by atoms with E-state index in [2.05, 4.69) is 49.4 Å². The maximum absolute atomic E-state index is 13.9. The number of hydrogen-bond acceptors (Lipinski definition) is 7. The van der Waals surface area contributed by atoms with Gasteiger partial charge in [-0.3, -0.25) is 19.6 Å². The van der Waals surface area contributed by atoms with Crippen LogP contribution in [0.1, 0.15) is 36.1 Å². The van der Waals surface area contributed by atoms with E-state index in [1.165, 1.54) is 17.7 Å². The van der Waals surface area contributed by atoms with Crippen molar-refractivity contribution >= 4 is 35.1 Å². The minimum atomic E-state index is -0.517. The van der Waals surface area contributed by atoms with E-state index in [1.807, 2.05) is 29.4 Å². The number of allylic oxidation sites excluding steroid dienone is 1. The van der Waals surface area contributed by atoms with Crippen LogP contribution in [0.4, 0.5) is 4.39 Å². The van der Waals surface area contributed by atoms with E-state index in [0.29, 0.717) is 44.8 Å². The Labute approximate surface area is 278 Å². The molecule has 4 aromatic rings. The Morgan fingerprint density at radius 1 is 1.02 bits per heavy atom. The highest BCUT2D eigenvalue weighted by Gasteiger charge is 2.44. The minimum Gasteiger partial charge on any atom is -0.338 e. The molecule has 47 heavy (non-hydrogen) atoms. The first-order valence-electron chi connectivity index (χ1n) is 16.1. The largest absolute Gasteiger partial charge is 0.338 e. The molecule has 1 amide bonds. The van der Waals surface area contributed by atoms with Gasteiger partial charge in [0.15, 0.2) is 11.6 Å². The first-order valence-corrected chi connectivity index (χ1v) is 17.3. The number of nitrogens with zero attached hydrogens (tertiary/aromatic N) is 5. The molecule has 10 heteroatoms. The quantitative estimate of drug-likeness (QED) is 0.240. The lowest BCUT2D eigenvalue weighted by molar-refractivity contribution is -0.132. The predicted octanol–water partition coefficient (Wildman–Crippen LogP) is 5.94. The number of nitrogens with one attached hydrogen (secondary N) is 1. The molecule has 240 valence electrons. The number of ketones is 1. The second-order valence-electron chi connectivity index (χ2n) is 12.5. The number of rotatable bonds is 9. The van der Waals surface area contributed by atoms with E-state index in [0.717, 1.165) is 53.0 Å². The van der Waals surface area contributed by atoms with E-state index in [-0.39, 0.29) is 23.4 Å². The molecule has 2 aliphatic heterocycles. The van der Waals surface area contributed by atoms with Crippen LogP contribution < -0.4 is 0 Å². The molecule has 1 fully saturated rings. The molecule has 0 spiro atoms. The molecule has 2 atom stereocenters. The molecule has 1 aliphatic carbocycles. The zero-order valence-corrected chi connectivity index (χ0v) is 27.2. The van der Waals surface area contributed by atoms with Crippen molar-refractivity contribution in [2.45, 2.75) is 30.4 Å². The van der Waals surface area contributed by atoms with Crippen LogP contribution in [0.5, 0.6) is 0 Å². The third-order valence-corrected chi connectivity index (χ3v) is 11.0. The summed E-state index contributed by atoms with van der Waals surface area (Å²) in [5, 5.41) is 7.58. The first-order chi connectivity index (χ1) is 22.9. The van der Waals surface area contributed by atoms with Crippen molar-refractivity contribution in [2.75, 3.05) is 39.0 Å².